The lowest BCUT2D eigenvalue weighted by Crippen LogP contribution is -2.27. The van der Waals surface area contributed by atoms with Gasteiger partial charge in [-0.25, -0.2) is 9.10 Å². The lowest BCUT2D eigenvalue weighted by atomic mass is 10.1. The van der Waals surface area contributed by atoms with Crippen molar-refractivity contribution in [2.45, 2.75) is 0 Å². The van der Waals surface area contributed by atoms with Gasteiger partial charge in [0.15, 0.2) is 11.5 Å². The molecule has 0 saturated heterocycles. The van der Waals surface area contributed by atoms with E-state index >= 15 is 0 Å². The highest BCUT2D eigenvalue weighted by molar-refractivity contribution is 7.87. The molecule has 1 N–H and O–H groups in total. The zero-order valence-corrected chi connectivity index (χ0v) is 18.3. The molecule has 3 aromatic rings. The average Bonchev–Trinajstić information content (AvgIpc) is 2.83. The third kappa shape index (κ3) is 4.77. The van der Waals surface area contributed by atoms with Crippen LogP contribution in [0.3, 0.4) is 0 Å². The zero-order chi connectivity index (χ0) is 23.4. The van der Waals surface area contributed by atoms with Crippen LogP contribution in [0.5, 0.6) is 11.5 Å². The molecule has 0 amide bonds. The lowest BCUT2D eigenvalue weighted by molar-refractivity contribution is 0.0600. The van der Waals surface area contributed by atoms with E-state index in [1.165, 1.54) is 19.2 Å². The van der Waals surface area contributed by atoms with Gasteiger partial charge in [-0.1, -0.05) is 30.0 Å². The minimum Gasteiger partial charge on any atom is -0.486 e. The number of nitrogens with zero attached hydrogens (tertiary/aromatic N) is 1. The number of benzene rings is 3. The number of anilines is 2. The van der Waals surface area contributed by atoms with E-state index in [2.05, 4.69) is 16.6 Å². The van der Waals surface area contributed by atoms with Crippen LogP contribution in [0.1, 0.15) is 21.5 Å². The van der Waals surface area contributed by atoms with Crippen LogP contribution < -0.4 is 13.8 Å². The SMILES string of the molecule is COC(=O)c1ccc(C#Cc2ccccc2N(c2cccc3c2OCCO3)S(=O)(=O)O)cc1. The number of hydrogen-bond acceptors (Lipinski definition) is 6. The third-order valence-electron chi connectivity index (χ3n) is 4.77. The Labute approximate surface area is 191 Å². The van der Waals surface area contributed by atoms with Crippen LogP contribution >= 0.6 is 0 Å². The largest absolute Gasteiger partial charge is 0.486 e. The maximum Gasteiger partial charge on any atom is 0.364 e. The molecule has 0 fully saturated rings. The monoisotopic (exact) mass is 465 g/mol. The van der Waals surface area contributed by atoms with Gasteiger partial charge in [-0.15, -0.1) is 0 Å². The molecule has 4 rings (SSSR count). The van der Waals surface area contributed by atoms with Crippen molar-refractivity contribution in [1.29, 1.82) is 0 Å². The Morgan fingerprint density at radius 3 is 2.36 bits per heavy atom. The first kappa shape index (κ1) is 22.2. The summed E-state index contributed by atoms with van der Waals surface area (Å²) in [6.07, 6.45) is 0. The summed E-state index contributed by atoms with van der Waals surface area (Å²) in [5.41, 5.74) is 1.58. The number of para-hydroxylation sites is 2. The van der Waals surface area contributed by atoms with Crippen LogP contribution in [0.25, 0.3) is 0 Å². The molecule has 0 radical (unpaired) electrons. The minimum absolute atomic E-state index is 0.103. The molecule has 0 atom stereocenters. The van der Waals surface area contributed by atoms with E-state index in [1.807, 2.05) is 0 Å². The molecule has 1 aliphatic heterocycles. The number of fused-ring (bicyclic) bond motifs is 1. The second kappa shape index (κ2) is 9.24. The number of hydrogen-bond donors (Lipinski definition) is 1. The Morgan fingerprint density at radius 1 is 0.939 bits per heavy atom. The summed E-state index contributed by atoms with van der Waals surface area (Å²) in [6.45, 7) is 0.575. The highest BCUT2D eigenvalue weighted by Gasteiger charge is 2.29. The van der Waals surface area contributed by atoms with Gasteiger partial charge in [0.25, 0.3) is 0 Å². The molecule has 1 heterocycles. The van der Waals surface area contributed by atoms with Crippen molar-refractivity contribution in [3.05, 3.63) is 83.4 Å². The summed E-state index contributed by atoms with van der Waals surface area (Å²) >= 11 is 0. The predicted octanol–water partition coefficient (Wildman–Crippen LogP) is 3.59. The van der Waals surface area contributed by atoms with E-state index in [0.29, 0.717) is 29.0 Å². The van der Waals surface area contributed by atoms with E-state index in [1.54, 1.807) is 54.6 Å². The molecule has 0 unspecified atom stereocenters. The van der Waals surface area contributed by atoms with E-state index in [4.69, 9.17) is 9.47 Å². The first-order chi connectivity index (χ1) is 15.9. The minimum atomic E-state index is -4.75. The van der Waals surface area contributed by atoms with Gasteiger partial charge >= 0.3 is 16.3 Å². The molecule has 0 bridgehead atoms. The van der Waals surface area contributed by atoms with Gasteiger partial charge in [0, 0.05) is 11.1 Å². The van der Waals surface area contributed by atoms with Crippen LogP contribution in [0.2, 0.25) is 0 Å². The van der Waals surface area contributed by atoms with Crippen molar-refractivity contribution in [1.82, 2.24) is 0 Å². The summed E-state index contributed by atoms with van der Waals surface area (Å²) in [4.78, 5) is 11.6. The van der Waals surface area contributed by atoms with Gasteiger partial charge in [-0.2, -0.15) is 8.42 Å². The molecular formula is C24H19NO7S. The Morgan fingerprint density at radius 2 is 1.64 bits per heavy atom. The van der Waals surface area contributed by atoms with Crippen LogP contribution in [0.15, 0.2) is 66.7 Å². The molecule has 168 valence electrons. The molecule has 3 aromatic carbocycles. The maximum atomic E-state index is 12.5. The van der Waals surface area contributed by atoms with Crippen molar-refractivity contribution in [3.63, 3.8) is 0 Å². The first-order valence-electron chi connectivity index (χ1n) is 9.84. The van der Waals surface area contributed by atoms with Gasteiger partial charge < -0.3 is 14.2 Å². The van der Waals surface area contributed by atoms with Gasteiger partial charge in [0.05, 0.1) is 18.4 Å². The quantitative estimate of drug-likeness (QED) is 0.357. The molecule has 1 aliphatic rings. The second-order valence-electron chi connectivity index (χ2n) is 6.88. The molecule has 0 aliphatic carbocycles. The fourth-order valence-corrected chi connectivity index (χ4v) is 4.10. The smallest absolute Gasteiger partial charge is 0.364 e. The average molecular weight is 465 g/mol. The van der Waals surface area contributed by atoms with Gasteiger partial charge in [-0.3, -0.25) is 4.55 Å². The Hall–Kier alpha value is -4.00. The van der Waals surface area contributed by atoms with Crippen molar-refractivity contribution in [2.24, 2.45) is 0 Å². The zero-order valence-electron chi connectivity index (χ0n) is 17.5. The van der Waals surface area contributed by atoms with Gasteiger partial charge in [-0.05, 0) is 48.5 Å². The number of ether oxygens (including phenoxy) is 3. The van der Waals surface area contributed by atoms with Crippen LogP contribution in [-0.2, 0) is 15.0 Å². The molecule has 9 heteroatoms. The van der Waals surface area contributed by atoms with E-state index in [9.17, 15) is 17.8 Å². The Balaban J connectivity index is 1.77. The summed E-state index contributed by atoms with van der Waals surface area (Å²) in [7, 11) is -3.45. The molecule has 0 aromatic heterocycles. The highest BCUT2D eigenvalue weighted by atomic mass is 32.2. The van der Waals surface area contributed by atoms with Crippen molar-refractivity contribution >= 4 is 27.6 Å². The molecule has 0 spiro atoms. The number of methoxy groups -OCH3 is 1. The third-order valence-corrected chi connectivity index (χ3v) is 5.62. The molecule has 8 nitrogen and oxygen atoms in total. The van der Waals surface area contributed by atoms with E-state index in [0.717, 1.165) is 4.31 Å². The lowest BCUT2D eigenvalue weighted by Gasteiger charge is -2.27. The van der Waals surface area contributed by atoms with Gasteiger partial charge in [0.2, 0.25) is 0 Å². The van der Waals surface area contributed by atoms with Gasteiger partial charge in [0.1, 0.15) is 18.9 Å². The topological polar surface area (TPSA) is 102 Å². The van der Waals surface area contributed by atoms with Crippen molar-refractivity contribution in [2.75, 3.05) is 24.6 Å². The Kier molecular flexibility index (Phi) is 6.22. The maximum absolute atomic E-state index is 12.5. The summed E-state index contributed by atoms with van der Waals surface area (Å²) in [5, 5.41) is 0. The van der Waals surface area contributed by atoms with E-state index < -0.39 is 16.3 Å². The number of carbonyl (C=O) groups excluding carboxylic acids is 1. The fourth-order valence-electron chi connectivity index (χ4n) is 3.30. The summed E-state index contributed by atoms with van der Waals surface area (Å²) in [6, 6.07) is 17.8. The van der Waals surface area contributed by atoms with E-state index in [-0.39, 0.29) is 23.7 Å². The first-order valence-corrected chi connectivity index (χ1v) is 11.2. The van der Waals surface area contributed by atoms with Crippen molar-refractivity contribution in [3.8, 4) is 23.3 Å². The fraction of sp³-hybridized carbons (Fsp3) is 0.125. The standard InChI is InChI=1S/C24H19NO7S/c1-30-24(26)19-13-10-17(11-14-19)9-12-18-5-2-3-6-20(18)25(33(27,28)29)21-7-4-8-22-23(21)32-16-15-31-22/h2-8,10-11,13-14H,15-16H2,1H3,(H,27,28,29). The second-order valence-corrected chi connectivity index (χ2v) is 8.14. The highest BCUT2D eigenvalue weighted by Crippen LogP contribution is 2.43. The summed E-state index contributed by atoms with van der Waals surface area (Å²) < 4.78 is 51.7. The summed E-state index contributed by atoms with van der Waals surface area (Å²) in [5.74, 6) is 6.01. The number of rotatable bonds is 4. The van der Waals surface area contributed by atoms with Crippen LogP contribution in [-0.4, -0.2) is 39.3 Å². The van der Waals surface area contributed by atoms with Crippen molar-refractivity contribution < 1.29 is 32.0 Å². The molecule has 0 saturated carbocycles. The number of carbonyl (C=O) groups is 1. The number of esters is 1. The molecular weight excluding hydrogens is 446 g/mol. The predicted molar refractivity (Wildman–Crippen MR) is 121 cm³/mol. The molecule has 33 heavy (non-hydrogen) atoms. The normalized spacial score (nSPS) is 12.3. The van der Waals surface area contributed by atoms with Crippen LogP contribution in [0, 0.1) is 11.8 Å². The van der Waals surface area contributed by atoms with Crippen LogP contribution in [0.4, 0.5) is 11.4 Å². The Bertz CT molecular complexity index is 1360.